The summed E-state index contributed by atoms with van der Waals surface area (Å²) in [5.74, 6) is 0.892. The molecule has 0 radical (unpaired) electrons. The molecule has 2 heterocycles. The van der Waals surface area contributed by atoms with E-state index in [0.29, 0.717) is 18.4 Å². The van der Waals surface area contributed by atoms with Crippen molar-refractivity contribution >= 4 is 5.91 Å². The van der Waals surface area contributed by atoms with Crippen LogP contribution in [0.25, 0.3) is 0 Å². The lowest BCUT2D eigenvalue weighted by atomic mass is 9.90. The summed E-state index contributed by atoms with van der Waals surface area (Å²) >= 11 is 0. The lowest BCUT2D eigenvalue weighted by molar-refractivity contribution is -0.134. The average molecular weight is 269 g/mol. The second-order valence-electron chi connectivity index (χ2n) is 5.83. The molecule has 2 atom stereocenters. The first-order valence-electron chi connectivity index (χ1n) is 7.55. The smallest absolute Gasteiger partial charge is 0.224 e. The van der Waals surface area contributed by atoms with Crippen LogP contribution in [-0.4, -0.2) is 72.7 Å². The van der Waals surface area contributed by atoms with Gasteiger partial charge >= 0.3 is 0 Å². The Morgan fingerprint density at radius 2 is 2.05 bits per heavy atom. The van der Waals surface area contributed by atoms with Gasteiger partial charge in [0.25, 0.3) is 0 Å². The van der Waals surface area contributed by atoms with Crippen molar-refractivity contribution in [3.8, 4) is 0 Å². The number of piperazine rings is 1. The highest BCUT2D eigenvalue weighted by molar-refractivity contribution is 5.77. The molecular weight excluding hydrogens is 242 g/mol. The van der Waals surface area contributed by atoms with E-state index in [-0.39, 0.29) is 12.5 Å². The molecule has 2 saturated heterocycles. The molecule has 2 N–H and O–H groups in total. The minimum absolute atomic E-state index is 0.206. The molecule has 1 amide bonds. The van der Waals surface area contributed by atoms with E-state index in [1.807, 2.05) is 4.90 Å². The monoisotopic (exact) mass is 269 g/mol. The summed E-state index contributed by atoms with van der Waals surface area (Å²) in [6, 6.07) is 0.358. The van der Waals surface area contributed by atoms with Crippen LogP contribution in [0, 0.1) is 5.92 Å². The van der Waals surface area contributed by atoms with Gasteiger partial charge in [0, 0.05) is 45.2 Å². The first-order chi connectivity index (χ1) is 9.20. The van der Waals surface area contributed by atoms with Crippen molar-refractivity contribution in [2.45, 2.75) is 32.2 Å². The Kier molecular flexibility index (Phi) is 5.60. The van der Waals surface area contributed by atoms with Gasteiger partial charge in [0.15, 0.2) is 0 Å². The summed E-state index contributed by atoms with van der Waals surface area (Å²) in [5.41, 5.74) is 0. The normalized spacial score (nSPS) is 29.5. The first kappa shape index (κ1) is 14.8. The molecule has 0 aromatic heterocycles. The van der Waals surface area contributed by atoms with Crippen LogP contribution in [0.1, 0.15) is 26.2 Å². The van der Waals surface area contributed by atoms with Gasteiger partial charge in [0.05, 0.1) is 6.61 Å². The van der Waals surface area contributed by atoms with E-state index in [0.717, 1.165) is 39.3 Å². The fourth-order valence-electron chi connectivity index (χ4n) is 3.07. The zero-order valence-corrected chi connectivity index (χ0v) is 12.0. The van der Waals surface area contributed by atoms with Gasteiger partial charge in [-0.05, 0) is 25.3 Å². The summed E-state index contributed by atoms with van der Waals surface area (Å²) in [5, 5.41) is 12.4. The van der Waals surface area contributed by atoms with Gasteiger partial charge in [-0.2, -0.15) is 0 Å². The molecule has 0 spiro atoms. The molecule has 0 aliphatic carbocycles. The molecule has 0 aromatic rings. The van der Waals surface area contributed by atoms with Crippen molar-refractivity contribution in [3.05, 3.63) is 0 Å². The fourth-order valence-corrected chi connectivity index (χ4v) is 3.07. The van der Waals surface area contributed by atoms with Crippen molar-refractivity contribution < 1.29 is 9.90 Å². The molecule has 0 aromatic carbocycles. The zero-order valence-electron chi connectivity index (χ0n) is 12.0. The maximum absolute atomic E-state index is 12.3. The van der Waals surface area contributed by atoms with E-state index in [4.69, 9.17) is 5.11 Å². The second kappa shape index (κ2) is 7.22. The Morgan fingerprint density at radius 3 is 2.68 bits per heavy atom. The molecule has 0 saturated carbocycles. The topological polar surface area (TPSA) is 55.8 Å². The highest BCUT2D eigenvalue weighted by Gasteiger charge is 2.27. The Hall–Kier alpha value is -0.650. The second-order valence-corrected chi connectivity index (χ2v) is 5.83. The van der Waals surface area contributed by atoms with E-state index in [2.05, 4.69) is 17.1 Å². The third kappa shape index (κ3) is 4.16. The number of piperidine rings is 1. The molecule has 2 rings (SSSR count). The molecule has 5 nitrogen and oxygen atoms in total. The van der Waals surface area contributed by atoms with Gasteiger partial charge in [-0.3, -0.25) is 9.69 Å². The largest absolute Gasteiger partial charge is 0.395 e. The van der Waals surface area contributed by atoms with Gasteiger partial charge in [0.1, 0.15) is 0 Å². The number of rotatable bonds is 4. The van der Waals surface area contributed by atoms with Crippen molar-refractivity contribution in [3.63, 3.8) is 0 Å². The zero-order chi connectivity index (χ0) is 13.7. The maximum atomic E-state index is 12.3. The van der Waals surface area contributed by atoms with Crippen LogP contribution >= 0.6 is 0 Å². The highest BCUT2D eigenvalue weighted by atomic mass is 16.3. The third-order valence-electron chi connectivity index (χ3n) is 4.47. The molecule has 5 heteroatoms. The van der Waals surface area contributed by atoms with Crippen molar-refractivity contribution in [2.24, 2.45) is 5.92 Å². The summed E-state index contributed by atoms with van der Waals surface area (Å²) in [6.07, 6.45) is 3.10. The quantitative estimate of drug-likeness (QED) is 0.748. The Balaban J connectivity index is 1.74. The number of amides is 1. The summed E-state index contributed by atoms with van der Waals surface area (Å²) < 4.78 is 0. The first-order valence-corrected chi connectivity index (χ1v) is 7.55. The number of carbonyl (C=O) groups excluding carboxylic acids is 1. The molecule has 19 heavy (non-hydrogen) atoms. The number of aliphatic hydroxyl groups excluding tert-OH is 1. The lowest BCUT2D eigenvalue weighted by Gasteiger charge is -2.36. The molecule has 2 aliphatic heterocycles. The molecular formula is C14H27N3O2. The van der Waals surface area contributed by atoms with E-state index < -0.39 is 0 Å². The van der Waals surface area contributed by atoms with Gasteiger partial charge in [-0.15, -0.1) is 0 Å². The Morgan fingerprint density at radius 1 is 1.32 bits per heavy atom. The van der Waals surface area contributed by atoms with Gasteiger partial charge in [-0.1, -0.05) is 6.92 Å². The van der Waals surface area contributed by atoms with E-state index in [9.17, 15) is 4.79 Å². The Labute approximate surface area is 115 Å². The number of nitrogens with one attached hydrogen (secondary N) is 1. The Bertz CT molecular complexity index is 290. The van der Waals surface area contributed by atoms with Crippen LogP contribution in [0.4, 0.5) is 0 Å². The SMILES string of the molecule is CC1CCCNC1CC(=O)N1CCN(CCO)CC1. The summed E-state index contributed by atoms with van der Waals surface area (Å²) in [6.45, 7) is 7.61. The van der Waals surface area contributed by atoms with Gasteiger partial charge in [-0.25, -0.2) is 0 Å². The summed E-state index contributed by atoms with van der Waals surface area (Å²) in [7, 11) is 0. The van der Waals surface area contributed by atoms with Crippen molar-refractivity contribution in [2.75, 3.05) is 45.9 Å². The number of nitrogens with zero attached hydrogens (tertiary/aromatic N) is 2. The standard InChI is InChI=1S/C14H27N3O2/c1-12-3-2-4-15-13(12)11-14(19)17-7-5-16(6-8-17)9-10-18/h12-13,15,18H,2-11H2,1H3. The minimum Gasteiger partial charge on any atom is -0.395 e. The maximum Gasteiger partial charge on any atom is 0.224 e. The number of carbonyl (C=O) groups is 1. The van der Waals surface area contributed by atoms with E-state index >= 15 is 0 Å². The van der Waals surface area contributed by atoms with Gasteiger partial charge in [0.2, 0.25) is 5.91 Å². The van der Waals surface area contributed by atoms with Crippen LogP contribution < -0.4 is 5.32 Å². The summed E-state index contributed by atoms with van der Waals surface area (Å²) in [4.78, 5) is 16.5. The number of aliphatic hydroxyl groups is 1. The number of hydrogen-bond acceptors (Lipinski definition) is 4. The molecule has 2 aliphatic rings. The molecule has 2 unspecified atom stereocenters. The van der Waals surface area contributed by atoms with Crippen LogP contribution in [0.5, 0.6) is 0 Å². The van der Waals surface area contributed by atoms with E-state index in [1.165, 1.54) is 12.8 Å². The van der Waals surface area contributed by atoms with Crippen molar-refractivity contribution in [1.29, 1.82) is 0 Å². The highest BCUT2D eigenvalue weighted by Crippen LogP contribution is 2.19. The van der Waals surface area contributed by atoms with Gasteiger partial charge < -0.3 is 15.3 Å². The lowest BCUT2D eigenvalue weighted by Crippen LogP contribution is -2.51. The average Bonchev–Trinajstić information content (AvgIpc) is 2.42. The van der Waals surface area contributed by atoms with E-state index in [1.54, 1.807) is 0 Å². The van der Waals surface area contributed by atoms with Crippen LogP contribution in [0.15, 0.2) is 0 Å². The molecule has 110 valence electrons. The van der Waals surface area contributed by atoms with Crippen LogP contribution in [0.2, 0.25) is 0 Å². The minimum atomic E-state index is 0.206. The third-order valence-corrected chi connectivity index (χ3v) is 4.47. The van der Waals surface area contributed by atoms with Crippen molar-refractivity contribution in [1.82, 2.24) is 15.1 Å². The fraction of sp³-hybridized carbons (Fsp3) is 0.929. The predicted octanol–water partition coefficient (Wildman–Crippen LogP) is -0.0989. The predicted molar refractivity (Wildman–Crippen MR) is 74.9 cm³/mol. The number of β-amino-alcohol motifs (C(OH)–C–C–N with tert-alkyl or cyclic N) is 1. The van der Waals surface area contributed by atoms with Crippen LogP contribution in [0.3, 0.4) is 0 Å². The number of hydrogen-bond donors (Lipinski definition) is 2. The molecule has 2 fully saturated rings. The van der Waals surface area contributed by atoms with Crippen LogP contribution in [-0.2, 0) is 4.79 Å². The molecule has 0 bridgehead atoms.